The van der Waals surface area contributed by atoms with Crippen LogP contribution in [0.25, 0.3) is 0 Å². The van der Waals surface area contributed by atoms with Crippen molar-refractivity contribution >= 4 is 5.82 Å². The summed E-state index contributed by atoms with van der Waals surface area (Å²) in [6.45, 7) is 1.21. The monoisotopic (exact) mass is 205 g/mol. The van der Waals surface area contributed by atoms with Crippen LogP contribution in [0.4, 0.5) is 5.82 Å². The van der Waals surface area contributed by atoms with Crippen molar-refractivity contribution in [2.45, 2.75) is 18.9 Å². The van der Waals surface area contributed by atoms with Crippen LogP contribution >= 0.6 is 0 Å². The molecule has 1 saturated heterocycles. The predicted octanol–water partition coefficient (Wildman–Crippen LogP) is 1.91. The first-order chi connectivity index (χ1) is 7.18. The highest BCUT2D eigenvalue weighted by Crippen LogP contribution is 2.31. The molecule has 0 saturated carbocycles. The van der Waals surface area contributed by atoms with E-state index >= 15 is 0 Å². The third-order valence-corrected chi connectivity index (χ3v) is 3.13. The highest BCUT2D eigenvalue weighted by molar-refractivity contribution is 5.40. The number of likely N-dealkylation sites (tertiary alicyclic amines) is 1. The maximum absolute atomic E-state index is 4.34. The maximum atomic E-state index is 4.34. The number of aromatic nitrogens is 1. The maximum Gasteiger partial charge on any atom is 0.128 e. The Morgan fingerprint density at radius 2 is 2.27 bits per heavy atom. The fraction of sp³-hybridized carbons (Fsp3) is 0.583. The zero-order chi connectivity index (χ0) is 10.8. The van der Waals surface area contributed by atoms with E-state index in [1.54, 1.807) is 0 Å². The topological polar surface area (TPSA) is 19.4 Å². The molecule has 2 rings (SSSR count). The van der Waals surface area contributed by atoms with Gasteiger partial charge >= 0.3 is 0 Å². The molecule has 1 aliphatic rings. The van der Waals surface area contributed by atoms with Gasteiger partial charge in [0.2, 0.25) is 0 Å². The lowest BCUT2D eigenvalue weighted by Crippen LogP contribution is -2.18. The number of rotatable bonds is 2. The number of hydrogen-bond donors (Lipinski definition) is 0. The van der Waals surface area contributed by atoms with Gasteiger partial charge < -0.3 is 4.90 Å². The number of anilines is 1. The van der Waals surface area contributed by atoms with Crippen molar-refractivity contribution in [3.05, 3.63) is 23.9 Å². The van der Waals surface area contributed by atoms with E-state index in [9.17, 15) is 0 Å². The molecule has 1 aliphatic heterocycles. The second-order valence-electron chi connectivity index (χ2n) is 4.48. The second-order valence-corrected chi connectivity index (χ2v) is 4.48. The molecule has 0 unspecified atom stereocenters. The molecule has 0 N–H and O–H groups in total. The first-order valence-electron chi connectivity index (χ1n) is 5.52. The molecule has 1 atom stereocenters. The van der Waals surface area contributed by atoms with Crippen LogP contribution in [0.3, 0.4) is 0 Å². The van der Waals surface area contributed by atoms with Gasteiger partial charge in [0.1, 0.15) is 5.82 Å². The van der Waals surface area contributed by atoms with Crippen LogP contribution in [-0.2, 0) is 0 Å². The van der Waals surface area contributed by atoms with Gasteiger partial charge in [-0.3, -0.25) is 4.90 Å². The summed E-state index contributed by atoms with van der Waals surface area (Å²) in [6, 6.07) is 4.93. The molecule has 1 aromatic rings. The van der Waals surface area contributed by atoms with E-state index in [0.29, 0.717) is 6.04 Å². The predicted molar refractivity (Wildman–Crippen MR) is 63.2 cm³/mol. The van der Waals surface area contributed by atoms with Gasteiger partial charge in [-0.15, -0.1) is 0 Å². The van der Waals surface area contributed by atoms with E-state index in [1.807, 2.05) is 20.3 Å². The number of pyridine rings is 1. The summed E-state index contributed by atoms with van der Waals surface area (Å²) in [6.07, 6.45) is 4.49. The lowest BCUT2D eigenvalue weighted by Gasteiger charge is -2.21. The minimum absolute atomic E-state index is 0.590. The summed E-state index contributed by atoms with van der Waals surface area (Å²) >= 11 is 0. The van der Waals surface area contributed by atoms with Crippen LogP contribution < -0.4 is 4.90 Å². The van der Waals surface area contributed by atoms with Crippen molar-refractivity contribution in [3.63, 3.8) is 0 Å². The highest BCUT2D eigenvalue weighted by Gasteiger charge is 2.22. The molecule has 0 spiro atoms. The molecular weight excluding hydrogens is 186 g/mol. The minimum atomic E-state index is 0.590. The summed E-state index contributed by atoms with van der Waals surface area (Å²) in [5.74, 6) is 1.05. The third-order valence-electron chi connectivity index (χ3n) is 3.13. The van der Waals surface area contributed by atoms with Crippen LogP contribution in [0.1, 0.15) is 24.4 Å². The van der Waals surface area contributed by atoms with Crippen molar-refractivity contribution in [3.8, 4) is 0 Å². The Balaban J connectivity index is 2.24. The normalized spacial score (nSPS) is 21.9. The van der Waals surface area contributed by atoms with Gasteiger partial charge in [0.15, 0.2) is 0 Å². The van der Waals surface area contributed by atoms with Crippen molar-refractivity contribution < 1.29 is 0 Å². The molecule has 15 heavy (non-hydrogen) atoms. The first kappa shape index (κ1) is 10.4. The largest absolute Gasteiger partial charge is 0.363 e. The van der Waals surface area contributed by atoms with Crippen LogP contribution in [0.15, 0.2) is 18.3 Å². The van der Waals surface area contributed by atoms with E-state index in [4.69, 9.17) is 0 Å². The standard InChI is InChI=1S/C12H19N3/c1-14(2)12-9-10(6-7-13-12)11-5-4-8-15(11)3/h6-7,9,11H,4-5,8H2,1-3H3/t11-/m0/s1. The summed E-state index contributed by atoms with van der Waals surface area (Å²) in [5.41, 5.74) is 1.40. The fourth-order valence-electron chi connectivity index (χ4n) is 2.22. The SMILES string of the molecule is CN(C)c1cc([C@@H]2CCCN2C)ccn1. The summed E-state index contributed by atoms with van der Waals surface area (Å²) in [4.78, 5) is 8.82. The van der Waals surface area contributed by atoms with Crippen LogP contribution in [0, 0.1) is 0 Å². The van der Waals surface area contributed by atoms with Gasteiger partial charge in [0, 0.05) is 26.3 Å². The van der Waals surface area contributed by atoms with Crippen molar-refractivity contribution in [1.82, 2.24) is 9.88 Å². The van der Waals surface area contributed by atoms with Crippen molar-refractivity contribution in [1.29, 1.82) is 0 Å². The summed E-state index contributed by atoms with van der Waals surface area (Å²) < 4.78 is 0. The van der Waals surface area contributed by atoms with Gasteiger partial charge in [-0.2, -0.15) is 0 Å². The van der Waals surface area contributed by atoms with E-state index in [2.05, 4.69) is 34.0 Å². The Bertz CT molecular complexity index is 335. The third kappa shape index (κ3) is 2.12. The van der Waals surface area contributed by atoms with Gasteiger partial charge in [-0.25, -0.2) is 4.98 Å². The average molecular weight is 205 g/mol. The molecule has 0 amide bonds. The van der Waals surface area contributed by atoms with Gasteiger partial charge in [0.05, 0.1) is 0 Å². The van der Waals surface area contributed by atoms with Gasteiger partial charge in [-0.1, -0.05) is 0 Å². The molecular formula is C12H19N3. The average Bonchev–Trinajstić information content (AvgIpc) is 2.64. The van der Waals surface area contributed by atoms with Gasteiger partial charge in [-0.05, 0) is 44.1 Å². The molecule has 1 aromatic heterocycles. The van der Waals surface area contributed by atoms with Gasteiger partial charge in [0.25, 0.3) is 0 Å². The smallest absolute Gasteiger partial charge is 0.128 e. The Morgan fingerprint density at radius 1 is 1.47 bits per heavy atom. The molecule has 0 aromatic carbocycles. The Kier molecular flexibility index (Phi) is 2.91. The molecule has 3 nitrogen and oxygen atoms in total. The fourth-order valence-corrected chi connectivity index (χ4v) is 2.22. The zero-order valence-corrected chi connectivity index (χ0v) is 9.77. The Morgan fingerprint density at radius 3 is 2.87 bits per heavy atom. The van der Waals surface area contributed by atoms with Crippen LogP contribution in [0.2, 0.25) is 0 Å². The highest BCUT2D eigenvalue weighted by atomic mass is 15.2. The van der Waals surface area contributed by atoms with E-state index in [0.717, 1.165) is 5.82 Å². The summed E-state index contributed by atoms with van der Waals surface area (Å²) in [7, 11) is 6.27. The molecule has 1 fully saturated rings. The molecule has 0 radical (unpaired) electrons. The summed E-state index contributed by atoms with van der Waals surface area (Å²) in [5, 5.41) is 0. The van der Waals surface area contributed by atoms with E-state index in [1.165, 1.54) is 24.9 Å². The zero-order valence-electron chi connectivity index (χ0n) is 9.77. The molecule has 0 bridgehead atoms. The van der Waals surface area contributed by atoms with Crippen LogP contribution in [-0.4, -0.2) is 37.6 Å². The Labute approximate surface area is 91.7 Å². The number of hydrogen-bond acceptors (Lipinski definition) is 3. The molecule has 82 valence electrons. The lowest BCUT2D eigenvalue weighted by atomic mass is 10.1. The molecule has 3 heteroatoms. The second kappa shape index (κ2) is 4.19. The minimum Gasteiger partial charge on any atom is -0.363 e. The van der Waals surface area contributed by atoms with E-state index < -0.39 is 0 Å². The van der Waals surface area contributed by atoms with Crippen molar-refractivity contribution in [2.75, 3.05) is 32.6 Å². The first-order valence-corrected chi connectivity index (χ1v) is 5.52. The molecule has 0 aliphatic carbocycles. The van der Waals surface area contributed by atoms with Crippen LogP contribution in [0.5, 0.6) is 0 Å². The lowest BCUT2D eigenvalue weighted by molar-refractivity contribution is 0.317. The number of nitrogens with zero attached hydrogens (tertiary/aromatic N) is 3. The Hall–Kier alpha value is -1.09. The van der Waals surface area contributed by atoms with E-state index in [-0.39, 0.29) is 0 Å². The molecule has 2 heterocycles. The quantitative estimate of drug-likeness (QED) is 0.735. The van der Waals surface area contributed by atoms with Crippen molar-refractivity contribution in [2.24, 2.45) is 0 Å².